The fourth-order valence-corrected chi connectivity index (χ4v) is 3.53. The van der Waals surface area contributed by atoms with E-state index in [0.717, 1.165) is 23.4 Å². The lowest BCUT2D eigenvalue weighted by Gasteiger charge is -2.29. The molecule has 0 aliphatic heterocycles. The summed E-state index contributed by atoms with van der Waals surface area (Å²) >= 11 is 0. The first kappa shape index (κ1) is 17.2. The van der Waals surface area contributed by atoms with Crippen molar-refractivity contribution in [1.29, 1.82) is 0 Å². The Morgan fingerprint density at radius 2 is 2.07 bits per heavy atom. The van der Waals surface area contributed by atoms with Crippen LogP contribution in [0.3, 0.4) is 0 Å². The van der Waals surface area contributed by atoms with Crippen LogP contribution in [0.25, 0.3) is 5.69 Å². The highest BCUT2D eigenvalue weighted by molar-refractivity contribution is 5.75. The van der Waals surface area contributed by atoms with Crippen molar-refractivity contribution in [1.82, 2.24) is 24.5 Å². The minimum atomic E-state index is -0.762. The first-order chi connectivity index (χ1) is 13.1. The highest BCUT2D eigenvalue weighted by Crippen LogP contribution is 2.36. The third-order valence-corrected chi connectivity index (χ3v) is 5.11. The third-order valence-electron chi connectivity index (χ3n) is 5.11. The number of aliphatic carboxylic acids is 1. The maximum absolute atomic E-state index is 11.8. The van der Waals surface area contributed by atoms with Gasteiger partial charge in [-0.2, -0.15) is 0 Å². The number of nitrogens with zero attached hydrogens (tertiary/aromatic N) is 5. The topological polar surface area (TPSA) is 85.8 Å². The molecule has 1 aliphatic carbocycles. The van der Waals surface area contributed by atoms with Gasteiger partial charge in [0.25, 0.3) is 0 Å². The fourth-order valence-electron chi connectivity index (χ4n) is 3.53. The van der Waals surface area contributed by atoms with E-state index >= 15 is 0 Å². The molecule has 0 spiro atoms. The zero-order valence-corrected chi connectivity index (χ0v) is 14.9. The summed E-state index contributed by atoms with van der Waals surface area (Å²) in [6.45, 7) is 0.594. The van der Waals surface area contributed by atoms with Crippen LogP contribution in [0.5, 0.6) is 0 Å². The minimum Gasteiger partial charge on any atom is -0.481 e. The van der Waals surface area contributed by atoms with Crippen LogP contribution in [0.1, 0.15) is 30.5 Å². The second kappa shape index (κ2) is 7.19. The number of hydrogen-bond acceptors (Lipinski definition) is 4. The summed E-state index contributed by atoms with van der Waals surface area (Å²) in [5.41, 5.74) is 2.11. The van der Waals surface area contributed by atoms with Crippen LogP contribution < -0.4 is 0 Å². The zero-order valence-electron chi connectivity index (χ0n) is 14.9. The Labute approximate surface area is 157 Å². The number of hydrogen-bond donors (Lipinski definition) is 1. The van der Waals surface area contributed by atoms with Gasteiger partial charge in [0, 0.05) is 30.7 Å². The van der Waals surface area contributed by atoms with Crippen LogP contribution in [0, 0.1) is 5.41 Å². The lowest BCUT2D eigenvalue weighted by molar-refractivity contribution is -0.149. The van der Waals surface area contributed by atoms with Crippen molar-refractivity contribution < 1.29 is 9.90 Å². The van der Waals surface area contributed by atoms with Gasteiger partial charge in [0.1, 0.15) is 0 Å². The Bertz CT molecular complexity index is 943. The van der Waals surface area contributed by atoms with Crippen LogP contribution >= 0.6 is 0 Å². The summed E-state index contributed by atoms with van der Waals surface area (Å²) in [4.78, 5) is 15.9. The first-order valence-corrected chi connectivity index (χ1v) is 8.99. The Morgan fingerprint density at radius 1 is 1.22 bits per heavy atom. The van der Waals surface area contributed by atoms with Gasteiger partial charge >= 0.3 is 5.97 Å². The molecular formula is C20H21N5O2. The monoisotopic (exact) mass is 363 g/mol. The molecule has 0 radical (unpaired) electrons. The highest BCUT2D eigenvalue weighted by Gasteiger charge is 2.39. The second-order valence-electron chi connectivity index (χ2n) is 7.02. The molecule has 27 heavy (non-hydrogen) atoms. The van der Waals surface area contributed by atoms with E-state index in [9.17, 15) is 9.90 Å². The van der Waals surface area contributed by atoms with Crippen molar-refractivity contribution >= 4 is 5.97 Å². The Hall–Kier alpha value is -3.22. The van der Waals surface area contributed by atoms with E-state index in [-0.39, 0.29) is 0 Å². The van der Waals surface area contributed by atoms with E-state index in [4.69, 9.17) is 0 Å². The number of carboxylic acids is 1. The third kappa shape index (κ3) is 3.67. The molecule has 1 unspecified atom stereocenters. The van der Waals surface area contributed by atoms with Gasteiger partial charge in [-0.25, -0.2) is 9.67 Å². The van der Waals surface area contributed by atoms with Gasteiger partial charge in [-0.1, -0.05) is 29.5 Å². The smallest absolute Gasteiger partial charge is 0.310 e. The molecule has 2 aromatic heterocycles. The number of imidazole rings is 1. The van der Waals surface area contributed by atoms with Gasteiger partial charge in [0.05, 0.1) is 24.0 Å². The van der Waals surface area contributed by atoms with E-state index in [0.29, 0.717) is 25.8 Å². The van der Waals surface area contributed by atoms with Crippen LogP contribution in [-0.4, -0.2) is 35.6 Å². The van der Waals surface area contributed by atoms with E-state index in [1.807, 2.05) is 53.4 Å². The number of aromatic nitrogens is 5. The maximum atomic E-state index is 11.8. The lowest BCUT2D eigenvalue weighted by Crippen LogP contribution is -2.34. The molecule has 0 amide bonds. The predicted octanol–water partition coefficient (Wildman–Crippen LogP) is 2.87. The number of benzene rings is 1. The number of allylic oxidation sites excluding steroid dienone is 2. The van der Waals surface area contributed by atoms with Crippen molar-refractivity contribution in [3.63, 3.8) is 0 Å². The summed E-state index contributed by atoms with van der Waals surface area (Å²) in [6.07, 6.45) is 13.7. The van der Waals surface area contributed by atoms with Crippen LogP contribution in [0.2, 0.25) is 0 Å². The zero-order chi connectivity index (χ0) is 18.7. The molecule has 0 bridgehead atoms. The molecule has 1 aliphatic rings. The maximum Gasteiger partial charge on any atom is 0.310 e. The van der Waals surface area contributed by atoms with Gasteiger partial charge in [0.2, 0.25) is 0 Å². The first-order valence-electron chi connectivity index (χ1n) is 8.99. The molecule has 2 heterocycles. The molecule has 7 nitrogen and oxygen atoms in total. The van der Waals surface area contributed by atoms with Gasteiger partial charge in [-0.15, -0.1) is 5.10 Å². The van der Waals surface area contributed by atoms with Gasteiger partial charge in [-0.3, -0.25) is 4.79 Å². The van der Waals surface area contributed by atoms with E-state index in [1.54, 1.807) is 17.2 Å². The minimum absolute atomic E-state index is 0.409. The molecule has 1 aromatic carbocycles. The van der Waals surface area contributed by atoms with Gasteiger partial charge < -0.3 is 9.67 Å². The largest absolute Gasteiger partial charge is 0.481 e. The molecule has 0 fully saturated rings. The van der Waals surface area contributed by atoms with Crippen LogP contribution in [0.15, 0.2) is 61.3 Å². The fraction of sp³-hybridized carbons (Fsp3) is 0.300. The Morgan fingerprint density at radius 3 is 2.74 bits per heavy atom. The standard InChI is InChI=1S/C20H21N5O2/c26-19(27)20(8-2-1-3-9-20)12-17-14-25(23-22-17)13-16-4-6-18(7-5-16)24-11-10-21-15-24/h1-2,4-7,10-11,14-15H,3,8-9,12-13H2,(H,26,27). The van der Waals surface area contributed by atoms with Crippen molar-refractivity contribution in [2.45, 2.75) is 32.2 Å². The van der Waals surface area contributed by atoms with Crippen molar-refractivity contribution in [3.05, 3.63) is 72.6 Å². The molecule has 3 aromatic rings. The summed E-state index contributed by atoms with van der Waals surface area (Å²) in [7, 11) is 0. The summed E-state index contributed by atoms with van der Waals surface area (Å²) in [6, 6.07) is 8.15. The van der Waals surface area contributed by atoms with Crippen LogP contribution in [0.4, 0.5) is 0 Å². The number of carboxylic acid groups (broad SMARTS) is 1. The molecule has 1 atom stereocenters. The van der Waals surface area contributed by atoms with Crippen molar-refractivity contribution in [2.24, 2.45) is 5.41 Å². The molecule has 0 saturated heterocycles. The normalized spacial score (nSPS) is 19.3. The quantitative estimate of drug-likeness (QED) is 0.681. The van der Waals surface area contributed by atoms with Gasteiger partial charge in [0.15, 0.2) is 0 Å². The lowest BCUT2D eigenvalue weighted by atomic mass is 9.74. The van der Waals surface area contributed by atoms with E-state index in [1.165, 1.54) is 0 Å². The molecule has 4 rings (SSSR count). The van der Waals surface area contributed by atoms with E-state index < -0.39 is 11.4 Å². The highest BCUT2D eigenvalue weighted by atomic mass is 16.4. The molecule has 0 saturated carbocycles. The Kier molecular flexibility index (Phi) is 4.58. The van der Waals surface area contributed by atoms with Crippen molar-refractivity contribution in [3.8, 4) is 5.69 Å². The average molecular weight is 363 g/mol. The number of carbonyl (C=O) groups is 1. The second-order valence-corrected chi connectivity index (χ2v) is 7.02. The summed E-state index contributed by atoms with van der Waals surface area (Å²) in [5.74, 6) is -0.753. The predicted molar refractivity (Wildman–Crippen MR) is 99.5 cm³/mol. The summed E-state index contributed by atoms with van der Waals surface area (Å²) in [5, 5.41) is 18.1. The molecule has 7 heteroatoms. The van der Waals surface area contributed by atoms with Crippen molar-refractivity contribution in [2.75, 3.05) is 0 Å². The SMILES string of the molecule is O=C(O)C1(Cc2cn(Cc3ccc(-n4ccnc4)cc3)nn2)CC=CCC1. The van der Waals surface area contributed by atoms with E-state index in [2.05, 4.69) is 15.3 Å². The molecule has 138 valence electrons. The van der Waals surface area contributed by atoms with Crippen LogP contribution in [-0.2, 0) is 17.8 Å². The molecule has 1 N–H and O–H groups in total. The number of rotatable bonds is 6. The average Bonchev–Trinajstić information content (AvgIpc) is 3.35. The molecular weight excluding hydrogens is 342 g/mol. The Balaban J connectivity index is 1.45. The summed E-state index contributed by atoms with van der Waals surface area (Å²) < 4.78 is 3.71. The van der Waals surface area contributed by atoms with Gasteiger partial charge in [-0.05, 0) is 37.0 Å².